The van der Waals surface area contributed by atoms with E-state index in [-0.39, 0.29) is 11.5 Å². The van der Waals surface area contributed by atoms with Gasteiger partial charge in [-0.15, -0.1) is 0 Å². The highest BCUT2D eigenvalue weighted by atomic mass is 16.5. The number of nitrogens with one attached hydrogen (secondary N) is 1. The Kier molecular flexibility index (Phi) is 4.13. The topological polar surface area (TPSA) is 61.7 Å². The van der Waals surface area contributed by atoms with Crippen LogP contribution in [0.4, 0.5) is 5.69 Å². The maximum atomic E-state index is 9.68. The first-order chi connectivity index (χ1) is 9.20. The van der Waals surface area contributed by atoms with E-state index in [1.54, 1.807) is 12.1 Å². The number of phenols is 2. The van der Waals surface area contributed by atoms with E-state index in [9.17, 15) is 10.2 Å². The summed E-state index contributed by atoms with van der Waals surface area (Å²) in [6.45, 7) is 3.02. The lowest BCUT2D eigenvalue weighted by molar-refractivity contribution is 0.340. The minimum atomic E-state index is -0.106. The van der Waals surface area contributed by atoms with Crippen LogP contribution in [-0.4, -0.2) is 16.8 Å². The molecule has 0 heterocycles. The van der Waals surface area contributed by atoms with Crippen LogP contribution in [0.5, 0.6) is 17.2 Å². The maximum absolute atomic E-state index is 9.68. The maximum Gasteiger partial charge on any atom is 0.162 e. The number of anilines is 1. The Bertz CT molecular complexity index is 538. The third-order valence-corrected chi connectivity index (χ3v) is 2.75. The third kappa shape index (κ3) is 3.31. The van der Waals surface area contributed by atoms with E-state index in [1.807, 2.05) is 31.2 Å². The summed E-state index contributed by atoms with van der Waals surface area (Å²) in [6.07, 6.45) is 0. The van der Waals surface area contributed by atoms with E-state index in [4.69, 9.17) is 4.74 Å². The van der Waals surface area contributed by atoms with Gasteiger partial charge in [0.25, 0.3) is 0 Å². The van der Waals surface area contributed by atoms with E-state index in [1.165, 1.54) is 6.07 Å². The van der Waals surface area contributed by atoms with E-state index < -0.39 is 0 Å². The Morgan fingerprint density at radius 1 is 1.05 bits per heavy atom. The zero-order valence-corrected chi connectivity index (χ0v) is 10.8. The summed E-state index contributed by atoms with van der Waals surface area (Å²) >= 11 is 0. The summed E-state index contributed by atoms with van der Waals surface area (Å²) in [5.74, 6) is 0.639. The van der Waals surface area contributed by atoms with Gasteiger partial charge in [-0.3, -0.25) is 0 Å². The molecule has 2 aromatic carbocycles. The van der Waals surface area contributed by atoms with Crippen LogP contribution in [-0.2, 0) is 6.54 Å². The average Bonchev–Trinajstić information content (AvgIpc) is 2.42. The molecule has 4 heteroatoms. The van der Waals surface area contributed by atoms with Gasteiger partial charge < -0.3 is 20.3 Å². The number of phenolic OH excluding ortho intramolecular Hbond substituents is 2. The number of hydrogen-bond acceptors (Lipinski definition) is 4. The molecule has 2 rings (SSSR count). The van der Waals surface area contributed by atoms with Gasteiger partial charge in [0.05, 0.1) is 6.61 Å². The number of rotatable bonds is 5. The first-order valence-corrected chi connectivity index (χ1v) is 6.17. The number of benzene rings is 2. The Balaban J connectivity index is 2.00. The molecule has 19 heavy (non-hydrogen) atoms. The van der Waals surface area contributed by atoms with Gasteiger partial charge in [-0.1, -0.05) is 12.1 Å². The van der Waals surface area contributed by atoms with E-state index in [2.05, 4.69) is 5.32 Å². The lowest BCUT2D eigenvalue weighted by Gasteiger charge is -2.10. The average molecular weight is 259 g/mol. The highest BCUT2D eigenvalue weighted by Crippen LogP contribution is 2.28. The normalized spacial score (nSPS) is 10.2. The van der Waals surface area contributed by atoms with Crippen molar-refractivity contribution in [3.05, 3.63) is 48.0 Å². The summed E-state index contributed by atoms with van der Waals surface area (Å²) in [5.41, 5.74) is 1.57. The minimum Gasteiger partial charge on any atom is -0.504 e. The minimum absolute atomic E-state index is 0.0825. The van der Waals surface area contributed by atoms with E-state index >= 15 is 0 Å². The van der Waals surface area contributed by atoms with Gasteiger partial charge in [-0.25, -0.2) is 0 Å². The van der Waals surface area contributed by atoms with E-state index in [0.29, 0.717) is 18.7 Å². The molecule has 0 atom stereocenters. The molecule has 0 fully saturated rings. The van der Waals surface area contributed by atoms with Gasteiger partial charge >= 0.3 is 0 Å². The second-order valence-corrected chi connectivity index (χ2v) is 4.10. The molecule has 0 spiro atoms. The van der Waals surface area contributed by atoms with Crippen molar-refractivity contribution in [3.63, 3.8) is 0 Å². The molecule has 0 amide bonds. The summed E-state index contributed by atoms with van der Waals surface area (Å²) in [6, 6.07) is 12.5. The lowest BCUT2D eigenvalue weighted by Crippen LogP contribution is -1.99. The number of ether oxygens (including phenoxy) is 1. The molecule has 0 aliphatic heterocycles. The Labute approximate surface area is 112 Å². The number of para-hydroxylation sites is 1. The molecule has 0 saturated carbocycles. The lowest BCUT2D eigenvalue weighted by atomic mass is 10.2. The van der Waals surface area contributed by atoms with Gasteiger partial charge in [-0.05, 0) is 37.3 Å². The van der Waals surface area contributed by atoms with Gasteiger partial charge in [0.15, 0.2) is 11.5 Å². The predicted molar refractivity (Wildman–Crippen MR) is 74.7 cm³/mol. The van der Waals surface area contributed by atoms with Crippen molar-refractivity contribution in [1.82, 2.24) is 0 Å². The molecular formula is C15H17NO3. The van der Waals surface area contributed by atoms with Gasteiger partial charge in [0, 0.05) is 17.8 Å². The fourth-order valence-electron chi connectivity index (χ4n) is 1.75. The zero-order chi connectivity index (χ0) is 13.7. The van der Waals surface area contributed by atoms with Crippen LogP contribution < -0.4 is 10.1 Å². The second kappa shape index (κ2) is 6.00. The summed E-state index contributed by atoms with van der Waals surface area (Å²) in [7, 11) is 0. The van der Waals surface area contributed by atoms with Crippen molar-refractivity contribution < 1.29 is 14.9 Å². The monoisotopic (exact) mass is 259 g/mol. The van der Waals surface area contributed by atoms with Crippen LogP contribution >= 0.6 is 0 Å². The highest BCUT2D eigenvalue weighted by molar-refractivity contribution is 5.50. The molecule has 100 valence electrons. The van der Waals surface area contributed by atoms with Crippen LogP contribution in [0.3, 0.4) is 0 Å². The standard InChI is InChI=1S/C15H17NO3/c1-2-19-13-8-6-12(7-9-13)16-10-11-4-3-5-14(17)15(11)18/h3-9,16-18H,2,10H2,1H3. The molecular weight excluding hydrogens is 242 g/mol. The van der Waals surface area contributed by atoms with Crippen molar-refractivity contribution in [2.45, 2.75) is 13.5 Å². The molecule has 0 saturated heterocycles. The van der Waals surface area contributed by atoms with Gasteiger partial charge in [-0.2, -0.15) is 0 Å². The molecule has 0 unspecified atom stereocenters. The molecule has 0 aliphatic rings. The molecule has 0 bridgehead atoms. The van der Waals surface area contributed by atoms with Crippen molar-refractivity contribution in [2.75, 3.05) is 11.9 Å². The fraction of sp³-hybridized carbons (Fsp3) is 0.200. The largest absolute Gasteiger partial charge is 0.504 e. The first kappa shape index (κ1) is 13.1. The SMILES string of the molecule is CCOc1ccc(NCc2cccc(O)c2O)cc1. The molecule has 2 aromatic rings. The van der Waals surface area contributed by atoms with Crippen molar-refractivity contribution in [1.29, 1.82) is 0 Å². The second-order valence-electron chi connectivity index (χ2n) is 4.10. The van der Waals surface area contributed by atoms with Gasteiger partial charge in [0.1, 0.15) is 5.75 Å². The highest BCUT2D eigenvalue weighted by Gasteiger charge is 2.05. The molecule has 0 aromatic heterocycles. The Morgan fingerprint density at radius 3 is 2.47 bits per heavy atom. The van der Waals surface area contributed by atoms with Crippen LogP contribution in [0.15, 0.2) is 42.5 Å². The van der Waals surface area contributed by atoms with Crippen LogP contribution in [0.1, 0.15) is 12.5 Å². The summed E-state index contributed by atoms with van der Waals surface area (Å²) in [5, 5.41) is 22.2. The molecule has 0 radical (unpaired) electrons. The molecule has 4 nitrogen and oxygen atoms in total. The summed E-state index contributed by atoms with van der Waals surface area (Å²) in [4.78, 5) is 0. The van der Waals surface area contributed by atoms with Crippen LogP contribution in [0, 0.1) is 0 Å². The first-order valence-electron chi connectivity index (χ1n) is 6.17. The Hall–Kier alpha value is -2.36. The van der Waals surface area contributed by atoms with Crippen molar-refractivity contribution >= 4 is 5.69 Å². The molecule has 3 N–H and O–H groups in total. The summed E-state index contributed by atoms with van der Waals surface area (Å²) < 4.78 is 5.36. The van der Waals surface area contributed by atoms with Crippen molar-refractivity contribution in [2.24, 2.45) is 0 Å². The Morgan fingerprint density at radius 2 is 1.79 bits per heavy atom. The van der Waals surface area contributed by atoms with Crippen LogP contribution in [0.2, 0.25) is 0 Å². The number of hydrogen-bond donors (Lipinski definition) is 3. The van der Waals surface area contributed by atoms with E-state index in [0.717, 1.165) is 11.4 Å². The number of aromatic hydroxyl groups is 2. The molecule has 0 aliphatic carbocycles. The predicted octanol–water partition coefficient (Wildman–Crippen LogP) is 3.11. The zero-order valence-electron chi connectivity index (χ0n) is 10.8. The van der Waals surface area contributed by atoms with Gasteiger partial charge in [0.2, 0.25) is 0 Å². The van der Waals surface area contributed by atoms with Crippen molar-refractivity contribution in [3.8, 4) is 17.2 Å². The smallest absolute Gasteiger partial charge is 0.162 e. The third-order valence-electron chi connectivity index (χ3n) is 2.75. The van der Waals surface area contributed by atoms with Crippen LogP contribution in [0.25, 0.3) is 0 Å². The quantitative estimate of drug-likeness (QED) is 0.722. The fourth-order valence-corrected chi connectivity index (χ4v) is 1.75.